The predicted molar refractivity (Wildman–Crippen MR) is 83.7 cm³/mol. The lowest BCUT2D eigenvalue weighted by atomic mass is 9.91. The highest BCUT2D eigenvalue weighted by Gasteiger charge is 2.32. The van der Waals surface area contributed by atoms with Gasteiger partial charge in [-0.15, -0.1) is 0 Å². The van der Waals surface area contributed by atoms with Crippen LogP contribution in [0.15, 0.2) is 24.3 Å². The van der Waals surface area contributed by atoms with Crippen LogP contribution >= 0.6 is 0 Å². The first-order valence-corrected chi connectivity index (χ1v) is 7.91. The molecule has 0 radical (unpaired) electrons. The Bertz CT molecular complexity index is 522. The molecule has 1 aliphatic rings. The number of hydrogen-bond donors (Lipinski definition) is 1. The standard InChI is InChI=1S/C18H24N2O/c1-15-7-6-8-16(13-15)9-10-17(21)20-18(14-19)11-4-2-3-5-12-18/h6-8,13H,2-5,9-12H2,1H3,(H,20,21). The van der Waals surface area contributed by atoms with Crippen LogP contribution in [0.25, 0.3) is 0 Å². The zero-order chi connectivity index (χ0) is 15.1. The van der Waals surface area contributed by atoms with Crippen molar-refractivity contribution in [1.82, 2.24) is 5.32 Å². The summed E-state index contributed by atoms with van der Waals surface area (Å²) in [6, 6.07) is 10.6. The fourth-order valence-electron chi connectivity index (χ4n) is 3.05. The molecule has 0 bridgehead atoms. The van der Waals surface area contributed by atoms with E-state index in [0.29, 0.717) is 6.42 Å². The Morgan fingerprint density at radius 2 is 2.00 bits per heavy atom. The van der Waals surface area contributed by atoms with Crippen LogP contribution in [0.3, 0.4) is 0 Å². The summed E-state index contributed by atoms with van der Waals surface area (Å²) >= 11 is 0. The van der Waals surface area contributed by atoms with Gasteiger partial charge in [0.05, 0.1) is 6.07 Å². The fourth-order valence-corrected chi connectivity index (χ4v) is 3.05. The maximum absolute atomic E-state index is 12.2. The maximum Gasteiger partial charge on any atom is 0.221 e. The zero-order valence-electron chi connectivity index (χ0n) is 12.8. The van der Waals surface area contributed by atoms with Crippen molar-refractivity contribution in [3.63, 3.8) is 0 Å². The molecule has 1 N–H and O–H groups in total. The molecule has 1 amide bonds. The van der Waals surface area contributed by atoms with E-state index in [4.69, 9.17) is 0 Å². The number of rotatable bonds is 4. The third kappa shape index (κ3) is 4.60. The minimum atomic E-state index is -0.625. The summed E-state index contributed by atoms with van der Waals surface area (Å²) in [5.74, 6) is -0.0000406. The predicted octanol–water partition coefficient (Wildman–Crippen LogP) is 3.66. The summed E-state index contributed by atoms with van der Waals surface area (Å²) in [5, 5.41) is 12.5. The number of nitrogens with one attached hydrogen (secondary N) is 1. The van der Waals surface area contributed by atoms with E-state index in [1.807, 2.05) is 12.1 Å². The van der Waals surface area contributed by atoms with Gasteiger partial charge in [0.1, 0.15) is 5.54 Å². The van der Waals surface area contributed by atoms with E-state index < -0.39 is 5.54 Å². The second-order valence-electron chi connectivity index (χ2n) is 6.15. The molecule has 1 aromatic rings. The monoisotopic (exact) mass is 284 g/mol. The van der Waals surface area contributed by atoms with Crippen LogP contribution in [0.2, 0.25) is 0 Å². The average Bonchev–Trinajstić information content (AvgIpc) is 2.71. The summed E-state index contributed by atoms with van der Waals surface area (Å²) in [6.07, 6.45) is 7.17. The van der Waals surface area contributed by atoms with Crippen molar-refractivity contribution >= 4 is 5.91 Å². The van der Waals surface area contributed by atoms with Gasteiger partial charge in [-0.25, -0.2) is 0 Å². The van der Waals surface area contributed by atoms with Gasteiger partial charge in [-0.05, 0) is 31.7 Å². The Hall–Kier alpha value is -1.82. The molecule has 0 aromatic heterocycles. The molecule has 1 fully saturated rings. The van der Waals surface area contributed by atoms with Crippen LogP contribution in [0.5, 0.6) is 0 Å². The number of carbonyl (C=O) groups is 1. The van der Waals surface area contributed by atoms with Gasteiger partial charge in [-0.2, -0.15) is 5.26 Å². The molecule has 1 aliphatic carbocycles. The van der Waals surface area contributed by atoms with Gasteiger partial charge >= 0.3 is 0 Å². The Kier molecular flexibility index (Phi) is 5.38. The van der Waals surface area contributed by atoms with Crippen LogP contribution in [-0.2, 0) is 11.2 Å². The van der Waals surface area contributed by atoms with E-state index in [1.165, 1.54) is 24.0 Å². The molecular weight excluding hydrogens is 260 g/mol. The Balaban J connectivity index is 1.89. The van der Waals surface area contributed by atoms with Gasteiger partial charge < -0.3 is 5.32 Å². The van der Waals surface area contributed by atoms with Gasteiger partial charge in [0.25, 0.3) is 0 Å². The first kappa shape index (κ1) is 15.6. The lowest BCUT2D eigenvalue weighted by Gasteiger charge is -2.26. The van der Waals surface area contributed by atoms with Gasteiger partial charge in [-0.3, -0.25) is 4.79 Å². The van der Waals surface area contributed by atoms with E-state index >= 15 is 0 Å². The van der Waals surface area contributed by atoms with E-state index in [9.17, 15) is 10.1 Å². The number of amides is 1. The quantitative estimate of drug-likeness (QED) is 0.858. The first-order valence-electron chi connectivity index (χ1n) is 7.91. The number of benzene rings is 1. The van der Waals surface area contributed by atoms with Crippen molar-refractivity contribution in [3.05, 3.63) is 35.4 Å². The van der Waals surface area contributed by atoms with Crippen LogP contribution < -0.4 is 5.32 Å². The molecule has 112 valence electrons. The Morgan fingerprint density at radius 3 is 2.62 bits per heavy atom. The molecule has 1 saturated carbocycles. The largest absolute Gasteiger partial charge is 0.338 e. The number of hydrogen-bond acceptors (Lipinski definition) is 2. The van der Waals surface area contributed by atoms with E-state index in [-0.39, 0.29) is 5.91 Å². The highest BCUT2D eigenvalue weighted by Crippen LogP contribution is 2.26. The molecule has 3 nitrogen and oxygen atoms in total. The molecule has 3 heteroatoms. The minimum absolute atomic E-state index is 0.0000406. The molecule has 0 atom stereocenters. The average molecular weight is 284 g/mol. The lowest BCUT2D eigenvalue weighted by Crippen LogP contribution is -2.47. The molecule has 1 aromatic carbocycles. The number of nitriles is 1. The molecule has 2 rings (SSSR count). The molecule has 0 heterocycles. The minimum Gasteiger partial charge on any atom is -0.338 e. The SMILES string of the molecule is Cc1cccc(CCC(=O)NC2(C#N)CCCCCC2)c1. The third-order valence-electron chi connectivity index (χ3n) is 4.27. The summed E-state index contributed by atoms with van der Waals surface area (Å²) in [6.45, 7) is 2.06. The second kappa shape index (κ2) is 7.26. The molecular formula is C18H24N2O. The molecule has 0 unspecified atom stereocenters. The van der Waals surface area contributed by atoms with Gasteiger partial charge in [0.2, 0.25) is 5.91 Å². The summed E-state index contributed by atoms with van der Waals surface area (Å²) in [5.41, 5.74) is 1.77. The zero-order valence-corrected chi connectivity index (χ0v) is 12.8. The maximum atomic E-state index is 12.2. The van der Waals surface area contributed by atoms with Crippen molar-refractivity contribution in [3.8, 4) is 6.07 Å². The van der Waals surface area contributed by atoms with Crippen molar-refractivity contribution in [2.45, 2.75) is 63.8 Å². The third-order valence-corrected chi connectivity index (χ3v) is 4.27. The second-order valence-corrected chi connectivity index (χ2v) is 6.15. The number of aryl methyl sites for hydroxylation is 2. The topological polar surface area (TPSA) is 52.9 Å². The van der Waals surface area contributed by atoms with Gasteiger partial charge in [-0.1, -0.05) is 55.5 Å². The van der Waals surface area contributed by atoms with Crippen molar-refractivity contribution in [2.24, 2.45) is 0 Å². The summed E-state index contributed by atoms with van der Waals surface area (Å²) in [4.78, 5) is 12.2. The van der Waals surface area contributed by atoms with Gasteiger partial charge in [0.15, 0.2) is 0 Å². The van der Waals surface area contributed by atoms with E-state index in [2.05, 4.69) is 30.4 Å². The Morgan fingerprint density at radius 1 is 1.29 bits per heavy atom. The number of carbonyl (C=O) groups excluding carboxylic acids is 1. The van der Waals surface area contributed by atoms with Crippen molar-refractivity contribution in [1.29, 1.82) is 5.26 Å². The van der Waals surface area contributed by atoms with Crippen molar-refractivity contribution in [2.75, 3.05) is 0 Å². The molecule has 0 spiro atoms. The van der Waals surface area contributed by atoms with Crippen LogP contribution in [0, 0.1) is 18.3 Å². The van der Waals surface area contributed by atoms with E-state index in [0.717, 1.165) is 32.1 Å². The highest BCUT2D eigenvalue weighted by atomic mass is 16.1. The smallest absolute Gasteiger partial charge is 0.221 e. The summed E-state index contributed by atoms with van der Waals surface area (Å²) < 4.78 is 0. The van der Waals surface area contributed by atoms with Crippen LogP contribution in [0.1, 0.15) is 56.1 Å². The molecule has 0 aliphatic heterocycles. The Labute approximate surface area is 127 Å². The van der Waals surface area contributed by atoms with Gasteiger partial charge in [0, 0.05) is 6.42 Å². The lowest BCUT2D eigenvalue weighted by molar-refractivity contribution is -0.122. The highest BCUT2D eigenvalue weighted by molar-refractivity contribution is 5.77. The normalized spacial score (nSPS) is 17.5. The van der Waals surface area contributed by atoms with Crippen LogP contribution in [-0.4, -0.2) is 11.4 Å². The molecule has 0 saturated heterocycles. The van der Waals surface area contributed by atoms with Crippen LogP contribution in [0.4, 0.5) is 0 Å². The first-order chi connectivity index (χ1) is 10.1. The number of nitrogens with zero attached hydrogens (tertiary/aromatic N) is 1. The van der Waals surface area contributed by atoms with E-state index in [1.54, 1.807) is 0 Å². The fraction of sp³-hybridized carbons (Fsp3) is 0.556. The summed E-state index contributed by atoms with van der Waals surface area (Å²) in [7, 11) is 0. The van der Waals surface area contributed by atoms with Crippen molar-refractivity contribution < 1.29 is 4.79 Å². The molecule has 21 heavy (non-hydrogen) atoms.